The minimum absolute atomic E-state index is 0.0395. The van der Waals surface area contributed by atoms with Gasteiger partial charge in [0.2, 0.25) is 17.7 Å². The molecule has 14 nitrogen and oxygen atoms in total. The van der Waals surface area contributed by atoms with Crippen LogP contribution in [0.3, 0.4) is 0 Å². The van der Waals surface area contributed by atoms with Gasteiger partial charge in [0.15, 0.2) is 0 Å². The van der Waals surface area contributed by atoms with Crippen LogP contribution in [0.25, 0.3) is 0 Å². The van der Waals surface area contributed by atoms with Crippen LogP contribution in [0.15, 0.2) is 24.3 Å². The van der Waals surface area contributed by atoms with E-state index in [9.17, 15) is 39.0 Å². The molecule has 4 atom stereocenters. The molecule has 0 spiro atoms. The van der Waals surface area contributed by atoms with Gasteiger partial charge >= 0.3 is 17.9 Å². The van der Waals surface area contributed by atoms with Gasteiger partial charge in [-0.2, -0.15) is 0 Å². The number of hydrogen-bond donors (Lipinski definition) is 8. The number of phenolic OH excluding ortho intramolecular Hbond substituents is 1. The Hall–Kier alpha value is -4.20. The third-order valence-electron chi connectivity index (χ3n) is 5.62. The molecule has 4 unspecified atom stereocenters. The number of carboxylic acid groups (broad SMARTS) is 3. The van der Waals surface area contributed by atoms with Crippen molar-refractivity contribution < 1.29 is 49.2 Å². The predicted octanol–water partition coefficient (Wildman–Crippen LogP) is -0.423. The SMILES string of the molecule is CC(C)CC(NC(=O)C(N)CCC(=O)O)C(=O)NC(Cc1ccc(O)cc1)C(=O)NC(CCC(=O)O)C(=O)O. The summed E-state index contributed by atoms with van der Waals surface area (Å²) in [6.45, 7) is 3.58. The highest BCUT2D eigenvalue weighted by molar-refractivity contribution is 5.94. The van der Waals surface area contributed by atoms with E-state index < -0.39 is 72.6 Å². The van der Waals surface area contributed by atoms with E-state index >= 15 is 0 Å². The quantitative estimate of drug-likeness (QED) is 0.123. The zero-order valence-corrected chi connectivity index (χ0v) is 21.8. The lowest BCUT2D eigenvalue weighted by molar-refractivity contribution is -0.143. The number of rotatable bonds is 17. The van der Waals surface area contributed by atoms with Crippen LogP contribution in [-0.4, -0.2) is 80.2 Å². The van der Waals surface area contributed by atoms with E-state index in [4.69, 9.17) is 15.9 Å². The smallest absolute Gasteiger partial charge is 0.326 e. The maximum Gasteiger partial charge on any atom is 0.326 e. The molecule has 0 fully saturated rings. The van der Waals surface area contributed by atoms with Gasteiger partial charge in [-0.3, -0.25) is 24.0 Å². The van der Waals surface area contributed by atoms with Gasteiger partial charge in [-0.1, -0.05) is 26.0 Å². The summed E-state index contributed by atoms with van der Waals surface area (Å²) in [7, 11) is 0. The number of phenols is 1. The number of aromatic hydroxyl groups is 1. The number of hydrogen-bond acceptors (Lipinski definition) is 8. The van der Waals surface area contributed by atoms with Crippen LogP contribution in [0.2, 0.25) is 0 Å². The fraction of sp³-hybridized carbons (Fsp3) is 0.520. The minimum atomic E-state index is -1.54. The molecule has 0 aliphatic heterocycles. The summed E-state index contributed by atoms with van der Waals surface area (Å²) in [5.41, 5.74) is 6.26. The topological polar surface area (TPSA) is 245 Å². The van der Waals surface area contributed by atoms with Crippen LogP contribution in [-0.2, 0) is 35.2 Å². The van der Waals surface area contributed by atoms with E-state index in [-0.39, 0.29) is 37.4 Å². The molecular formula is C25H36N4O10. The number of nitrogens with one attached hydrogen (secondary N) is 3. The number of benzene rings is 1. The largest absolute Gasteiger partial charge is 0.508 e. The molecule has 1 aromatic rings. The molecule has 0 aliphatic rings. The second-order valence-electron chi connectivity index (χ2n) is 9.49. The number of carbonyl (C=O) groups is 6. The van der Waals surface area contributed by atoms with Crippen molar-refractivity contribution in [3.05, 3.63) is 29.8 Å². The number of carboxylic acids is 3. The number of carbonyl (C=O) groups excluding carboxylic acids is 3. The Kier molecular flexibility index (Phi) is 13.4. The molecule has 1 rings (SSSR count). The molecule has 0 radical (unpaired) electrons. The van der Waals surface area contributed by atoms with Crippen LogP contribution in [0.1, 0.15) is 51.5 Å². The third kappa shape index (κ3) is 12.7. The van der Waals surface area contributed by atoms with E-state index in [0.29, 0.717) is 5.56 Å². The summed E-state index contributed by atoms with van der Waals surface area (Å²) in [4.78, 5) is 72.1. The van der Waals surface area contributed by atoms with E-state index in [1.807, 2.05) is 0 Å². The van der Waals surface area contributed by atoms with Crippen molar-refractivity contribution in [3.63, 3.8) is 0 Å². The molecule has 14 heteroatoms. The van der Waals surface area contributed by atoms with Crippen LogP contribution in [0.5, 0.6) is 5.75 Å². The second-order valence-corrected chi connectivity index (χ2v) is 9.49. The Morgan fingerprint density at radius 2 is 1.23 bits per heavy atom. The van der Waals surface area contributed by atoms with Crippen molar-refractivity contribution in [1.29, 1.82) is 0 Å². The Morgan fingerprint density at radius 3 is 1.74 bits per heavy atom. The highest BCUT2D eigenvalue weighted by Gasteiger charge is 2.31. The van der Waals surface area contributed by atoms with Crippen LogP contribution in [0, 0.1) is 5.92 Å². The monoisotopic (exact) mass is 552 g/mol. The molecule has 216 valence electrons. The first-order valence-corrected chi connectivity index (χ1v) is 12.3. The van der Waals surface area contributed by atoms with Crippen molar-refractivity contribution in [2.75, 3.05) is 0 Å². The second kappa shape index (κ2) is 15.9. The molecule has 1 aromatic carbocycles. The lowest BCUT2D eigenvalue weighted by atomic mass is 10.00. The summed E-state index contributed by atoms with van der Waals surface area (Å²) in [6.07, 6.45) is -1.39. The first-order valence-electron chi connectivity index (χ1n) is 12.3. The maximum absolute atomic E-state index is 13.2. The predicted molar refractivity (Wildman–Crippen MR) is 136 cm³/mol. The van der Waals surface area contributed by atoms with Gasteiger partial charge in [0.05, 0.1) is 6.04 Å². The highest BCUT2D eigenvalue weighted by Crippen LogP contribution is 2.13. The van der Waals surface area contributed by atoms with Crippen molar-refractivity contribution in [1.82, 2.24) is 16.0 Å². The van der Waals surface area contributed by atoms with Gasteiger partial charge < -0.3 is 42.1 Å². The lowest BCUT2D eigenvalue weighted by Gasteiger charge is -2.26. The summed E-state index contributed by atoms with van der Waals surface area (Å²) in [5, 5.41) is 43.9. The van der Waals surface area contributed by atoms with Crippen LogP contribution in [0.4, 0.5) is 0 Å². The molecule has 0 aliphatic carbocycles. The first-order chi connectivity index (χ1) is 18.2. The van der Waals surface area contributed by atoms with Gasteiger partial charge in [-0.05, 0) is 42.9 Å². The zero-order chi connectivity index (χ0) is 29.7. The summed E-state index contributed by atoms with van der Waals surface area (Å²) >= 11 is 0. The fourth-order valence-corrected chi connectivity index (χ4v) is 3.54. The Balaban J connectivity index is 3.14. The Bertz CT molecular complexity index is 1030. The average molecular weight is 553 g/mol. The van der Waals surface area contributed by atoms with Crippen molar-refractivity contribution >= 4 is 35.6 Å². The highest BCUT2D eigenvalue weighted by atomic mass is 16.4. The summed E-state index contributed by atoms with van der Waals surface area (Å²) < 4.78 is 0. The molecule has 0 aromatic heterocycles. The Labute approximate surface area is 225 Å². The van der Waals surface area contributed by atoms with Gasteiger partial charge in [0.1, 0.15) is 23.9 Å². The molecule has 0 saturated heterocycles. The van der Waals surface area contributed by atoms with Crippen molar-refractivity contribution in [3.8, 4) is 5.75 Å². The standard InChI is InChI=1S/C25H36N4O10/c1-13(2)11-18(28-22(35)16(26)7-9-20(31)32)23(36)29-19(12-14-3-5-15(30)6-4-14)24(37)27-17(25(38)39)8-10-21(33)34/h3-6,13,16-19,30H,7-12,26H2,1-2H3,(H,27,37)(H,28,35)(H,29,36)(H,31,32)(H,33,34)(H,38,39). The fourth-order valence-electron chi connectivity index (χ4n) is 3.54. The minimum Gasteiger partial charge on any atom is -0.508 e. The zero-order valence-electron chi connectivity index (χ0n) is 21.8. The molecule has 39 heavy (non-hydrogen) atoms. The van der Waals surface area contributed by atoms with Gasteiger partial charge in [-0.25, -0.2) is 4.79 Å². The van der Waals surface area contributed by atoms with Crippen molar-refractivity contribution in [2.24, 2.45) is 11.7 Å². The summed E-state index contributed by atoms with van der Waals surface area (Å²) in [6, 6.07) is 0.507. The number of nitrogens with two attached hydrogens (primary N) is 1. The van der Waals surface area contributed by atoms with Gasteiger partial charge in [0.25, 0.3) is 0 Å². The molecule has 0 bridgehead atoms. The van der Waals surface area contributed by atoms with E-state index in [1.165, 1.54) is 24.3 Å². The lowest BCUT2D eigenvalue weighted by Crippen LogP contribution is -2.57. The molecule has 3 amide bonds. The molecular weight excluding hydrogens is 516 g/mol. The van der Waals surface area contributed by atoms with Gasteiger partial charge in [0, 0.05) is 19.3 Å². The number of aliphatic carboxylic acids is 3. The van der Waals surface area contributed by atoms with Crippen LogP contribution < -0.4 is 21.7 Å². The van der Waals surface area contributed by atoms with E-state index in [0.717, 1.165) is 0 Å². The van der Waals surface area contributed by atoms with E-state index in [1.54, 1.807) is 13.8 Å². The third-order valence-corrected chi connectivity index (χ3v) is 5.62. The summed E-state index contributed by atoms with van der Waals surface area (Å²) in [5.74, 6) is -6.40. The normalized spacial score (nSPS) is 13.9. The molecule has 0 saturated carbocycles. The first kappa shape index (κ1) is 32.8. The number of amides is 3. The van der Waals surface area contributed by atoms with Crippen molar-refractivity contribution in [2.45, 2.75) is 76.5 Å². The van der Waals surface area contributed by atoms with Gasteiger partial charge in [-0.15, -0.1) is 0 Å². The van der Waals surface area contributed by atoms with Crippen LogP contribution >= 0.6 is 0 Å². The van der Waals surface area contributed by atoms with E-state index in [2.05, 4.69) is 16.0 Å². The molecule has 0 heterocycles. The maximum atomic E-state index is 13.2. The molecule has 9 N–H and O–H groups in total. The average Bonchev–Trinajstić information content (AvgIpc) is 2.84. The Morgan fingerprint density at radius 1 is 0.744 bits per heavy atom.